The zero-order valence-corrected chi connectivity index (χ0v) is 14.8. The highest BCUT2D eigenvalue weighted by molar-refractivity contribution is 7.13. The average Bonchev–Trinajstić information content (AvgIpc) is 3.35. The molecule has 6 heteroatoms. The molecule has 128 valence electrons. The first-order valence-corrected chi connectivity index (χ1v) is 9.57. The molecule has 0 aromatic carbocycles. The minimum Gasteiger partial charge on any atom is -0.325 e. The van der Waals surface area contributed by atoms with Gasteiger partial charge in [-0.15, -0.1) is 11.3 Å². The van der Waals surface area contributed by atoms with E-state index >= 15 is 0 Å². The predicted octanol–water partition coefficient (Wildman–Crippen LogP) is 4.38. The summed E-state index contributed by atoms with van der Waals surface area (Å²) in [6, 6.07) is 10.7. The molecular weight excluding hydrogens is 330 g/mol. The van der Waals surface area contributed by atoms with Crippen LogP contribution in [0.25, 0.3) is 10.7 Å². The van der Waals surface area contributed by atoms with E-state index in [1.165, 1.54) is 31.2 Å². The van der Waals surface area contributed by atoms with Crippen LogP contribution in [0.5, 0.6) is 0 Å². The summed E-state index contributed by atoms with van der Waals surface area (Å²) in [6.45, 7) is 0.885. The lowest BCUT2D eigenvalue weighted by Crippen LogP contribution is -2.25. The second-order valence-corrected chi connectivity index (χ2v) is 7.18. The number of nitrogens with zero attached hydrogens (tertiary/aromatic N) is 3. The van der Waals surface area contributed by atoms with Gasteiger partial charge in [0.25, 0.3) is 0 Å². The summed E-state index contributed by atoms with van der Waals surface area (Å²) >= 11 is 1.58. The number of nitrogens with one attached hydrogen (secondary N) is 2. The first kappa shape index (κ1) is 16.2. The number of hydrogen-bond acceptors (Lipinski definition) is 6. The molecule has 1 aliphatic carbocycles. The van der Waals surface area contributed by atoms with E-state index in [9.17, 15) is 0 Å². The quantitative estimate of drug-likeness (QED) is 0.690. The van der Waals surface area contributed by atoms with E-state index in [1.807, 2.05) is 35.8 Å². The van der Waals surface area contributed by atoms with Crippen molar-refractivity contribution in [1.82, 2.24) is 20.3 Å². The molecule has 0 unspecified atom stereocenters. The normalized spacial score (nSPS) is 14.7. The molecule has 1 aliphatic rings. The lowest BCUT2D eigenvalue weighted by molar-refractivity contribution is 0.524. The van der Waals surface area contributed by atoms with Crippen molar-refractivity contribution in [3.05, 3.63) is 53.7 Å². The molecule has 5 nitrogen and oxygen atoms in total. The van der Waals surface area contributed by atoms with Crippen LogP contribution in [0.2, 0.25) is 0 Å². The maximum absolute atomic E-state index is 4.61. The summed E-state index contributed by atoms with van der Waals surface area (Å²) in [7, 11) is 0. The van der Waals surface area contributed by atoms with Gasteiger partial charge < -0.3 is 10.6 Å². The molecule has 0 saturated heterocycles. The third kappa shape index (κ3) is 4.21. The second kappa shape index (κ2) is 7.72. The number of thiazole rings is 1. The third-order valence-electron chi connectivity index (χ3n) is 4.43. The van der Waals surface area contributed by atoms with Gasteiger partial charge in [0.1, 0.15) is 22.3 Å². The summed E-state index contributed by atoms with van der Waals surface area (Å²) in [5.74, 6) is 1.57. The van der Waals surface area contributed by atoms with Crippen LogP contribution in [0.15, 0.2) is 48.1 Å². The minimum absolute atomic E-state index is 0.676. The van der Waals surface area contributed by atoms with Crippen LogP contribution in [-0.4, -0.2) is 21.0 Å². The summed E-state index contributed by atoms with van der Waals surface area (Å²) in [5, 5.41) is 9.75. The SMILES string of the molecule is c1cc(Nc2ccc(CNC3CCCC3)cn2)nc(-c2nccs2)c1. The van der Waals surface area contributed by atoms with Crippen LogP contribution in [0.1, 0.15) is 31.2 Å². The molecule has 3 aromatic rings. The number of pyridine rings is 2. The monoisotopic (exact) mass is 351 g/mol. The number of aromatic nitrogens is 3. The van der Waals surface area contributed by atoms with Gasteiger partial charge >= 0.3 is 0 Å². The van der Waals surface area contributed by atoms with Gasteiger partial charge in [-0.2, -0.15) is 0 Å². The molecule has 0 amide bonds. The molecular formula is C19H21N5S. The van der Waals surface area contributed by atoms with Gasteiger partial charge in [0.2, 0.25) is 0 Å². The number of anilines is 2. The summed E-state index contributed by atoms with van der Waals surface area (Å²) in [5.41, 5.74) is 2.08. The van der Waals surface area contributed by atoms with Gasteiger partial charge in [0, 0.05) is 30.4 Å². The van der Waals surface area contributed by atoms with E-state index in [2.05, 4.69) is 31.7 Å². The molecule has 3 heterocycles. The van der Waals surface area contributed by atoms with E-state index in [4.69, 9.17) is 0 Å². The summed E-state index contributed by atoms with van der Waals surface area (Å²) < 4.78 is 0. The highest BCUT2D eigenvalue weighted by atomic mass is 32.1. The van der Waals surface area contributed by atoms with Crippen LogP contribution in [0.4, 0.5) is 11.6 Å². The van der Waals surface area contributed by atoms with E-state index in [1.54, 1.807) is 17.5 Å². The van der Waals surface area contributed by atoms with Crippen molar-refractivity contribution in [2.45, 2.75) is 38.3 Å². The Balaban J connectivity index is 1.38. The minimum atomic E-state index is 0.676. The lowest BCUT2D eigenvalue weighted by atomic mass is 10.2. The molecule has 1 saturated carbocycles. The smallest absolute Gasteiger partial charge is 0.141 e. The maximum atomic E-state index is 4.61. The Morgan fingerprint density at radius 2 is 1.96 bits per heavy atom. The van der Waals surface area contributed by atoms with E-state index in [0.717, 1.165) is 28.9 Å². The summed E-state index contributed by atoms with van der Waals surface area (Å²) in [6.07, 6.45) is 9.02. The van der Waals surface area contributed by atoms with Crippen LogP contribution in [-0.2, 0) is 6.54 Å². The summed E-state index contributed by atoms with van der Waals surface area (Å²) in [4.78, 5) is 13.4. The Morgan fingerprint density at radius 3 is 2.72 bits per heavy atom. The molecule has 0 bridgehead atoms. The van der Waals surface area contributed by atoms with Crippen molar-refractivity contribution in [2.75, 3.05) is 5.32 Å². The lowest BCUT2D eigenvalue weighted by Gasteiger charge is -2.12. The fourth-order valence-corrected chi connectivity index (χ4v) is 3.71. The molecule has 0 atom stereocenters. The predicted molar refractivity (Wildman–Crippen MR) is 102 cm³/mol. The molecule has 1 fully saturated rings. The first-order valence-electron chi connectivity index (χ1n) is 8.69. The number of hydrogen-bond donors (Lipinski definition) is 2. The molecule has 0 aliphatic heterocycles. The Labute approximate surface area is 151 Å². The second-order valence-electron chi connectivity index (χ2n) is 6.28. The first-order chi connectivity index (χ1) is 12.4. The van der Waals surface area contributed by atoms with Crippen LogP contribution >= 0.6 is 11.3 Å². The molecule has 0 radical (unpaired) electrons. The largest absolute Gasteiger partial charge is 0.325 e. The van der Waals surface area contributed by atoms with Crippen molar-refractivity contribution < 1.29 is 0 Å². The Hall–Kier alpha value is -2.31. The van der Waals surface area contributed by atoms with E-state index < -0.39 is 0 Å². The van der Waals surface area contributed by atoms with Gasteiger partial charge in [-0.1, -0.05) is 25.0 Å². The maximum Gasteiger partial charge on any atom is 0.141 e. The molecule has 0 spiro atoms. The van der Waals surface area contributed by atoms with Crippen molar-refractivity contribution in [3.8, 4) is 10.7 Å². The zero-order chi connectivity index (χ0) is 16.9. The van der Waals surface area contributed by atoms with Crippen molar-refractivity contribution in [3.63, 3.8) is 0 Å². The molecule has 25 heavy (non-hydrogen) atoms. The number of rotatable bonds is 6. The van der Waals surface area contributed by atoms with Gasteiger partial charge in [0.15, 0.2) is 0 Å². The van der Waals surface area contributed by atoms with Crippen molar-refractivity contribution >= 4 is 23.0 Å². The van der Waals surface area contributed by atoms with Gasteiger partial charge in [-0.25, -0.2) is 15.0 Å². The van der Waals surface area contributed by atoms with Crippen LogP contribution < -0.4 is 10.6 Å². The molecule has 4 rings (SSSR count). The van der Waals surface area contributed by atoms with E-state index in [-0.39, 0.29) is 0 Å². The van der Waals surface area contributed by atoms with Crippen LogP contribution in [0, 0.1) is 0 Å². The fourth-order valence-electron chi connectivity index (χ4n) is 3.10. The van der Waals surface area contributed by atoms with Crippen molar-refractivity contribution in [1.29, 1.82) is 0 Å². The van der Waals surface area contributed by atoms with Crippen molar-refractivity contribution in [2.24, 2.45) is 0 Å². The Bertz CT molecular complexity index is 795. The van der Waals surface area contributed by atoms with Gasteiger partial charge in [-0.05, 0) is 36.6 Å². The van der Waals surface area contributed by atoms with E-state index in [0.29, 0.717) is 6.04 Å². The standard InChI is InChI=1S/C19H21N5S/c1-2-5-15(4-1)21-12-14-8-9-17(22-13-14)24-18-7-3-6-16(23-18)19-20-10-11-25-19/h3,6-11,13,15,21H,1-2,4-5,12H2,(H,22,23,24). The Kier molecular flexibility index (Phi) is 4.99. The average molecular weight is 351 g/mol. The highest BCUT2D eigenvalue weighted by Crippen LogP contribution is 2.22. The zero-order valence-electron chi connectivity index (χ0n) is 14.0. The molecule has 3 aromatic heterocycles. The highest BCUT2D eigenvalue weighted by Gasteiger charge is 2.13. The van der Waals surface area contributed by atoms with Gasteiger partial charge in [0.05, 0.1) is 0 Å². The van der Waals surface area contributed by atoms with Gasteiger partial charge in [-0.3, -0.25) is 0 Å². The van der Waals surface area contributed by atoms with Crippen LogP contribution in [0.3, 0.4) is 0 Å². The fraction of sp³-hybridized carbons (Fsp3) is 0.316. The third-order valence-corrected chi connectivity index (χ3v) is 5.23. The Morgan fingerprint density at radius 1 is 1.04 bits per heavy atom. The topological polar surface area (TPSA) is 62.7 Å². The molecule has 2 N–H and O–H groups in total.